The number of anilines is 1. The Labute approximate surface area is 155 Å². The van der Waals surface area contributed by atoms with Crippen molar-refractivity contribution < 1.29 is 18.7 Å². The van der Waals surface area contributed by atoms with Crippen LogP contribution in [0.4, 0.5) is 5.69 Å². The first-order valence-corrected chi connectivity index (χ1v) is 8.66. The predicted octanol–water partition coefficient (Wildman–Crippen LogP) is 4.14. The number of carbonyl (C=O) groups excluding carboxylic acids is 2. The molecule has 1 aliphatic heterocycles. The van der Waals surface area contributed by atoms with Crippen LogP contribution in [-0.2, 0) is 16.0 Å². The number of benzene rings is 2. The Morgan fingerprint density at radius 1 is 1.23 bits per heavy atom. The summed E-state index contributed by atoms with van der Waals surface area (Å²) in [6.07, 6.45) is 0.805. The van der Waals surface area contributed by atoms with Gasteiger partial charge in [0, 0.05) is 28.2 Å². The molecule has 0 bridgehead atoms. The van der Waals surface area contributed by atoms with Crippen LogP contribution in [0.25, 0.3) is 11.0 Å². The summed E-state index contributed by atoms with van der Waals surface area (Å²) in [5.74, 6) is -0.812. The molecule has 3 aromatic rings. The Balaban J connectivity index is 1.48. The highest BCUT2D eigenvalue weighted by atomic mass is 35.5. The molecule has 4 rings (SSSR count). The highest BCUT2D eigenvalue weighted by Crippen LogP contribution is 2.29. The molecule has 132 valence electrons. The van der Waals surface area contributed by atoms with Crippen LogP contribution in [0.5, 0.6) is 0 Å². The van der Waals surface area contributed by atoms with Crippen molar-refractivity contribution in [3.05, 3.63) is 64.4 Å². The lowest BCUT2D eigenvalue weighted by molar-refractivity contribution is -0.121. The number of amides is 1. The van der Waals surface area contributed by atoms with Crippen LogP contribution >= 0.6 is 11.6 Å². The van der Waals surface area contributed by atoms with Crippen molar-refractivity contribution in [1.82, 2.24) is 0 Å². The minimum atomic E-state index is -0.657. The number of rotatable bonds is 3. The van der Waals surface area contributed by atoms with Gasteiger partial charge in [-0.2, -0.15) is 0 Å². The van der Waals surface area contributed by atoms with Crippen LogP contribution < -0.4 is 4.90 Å². The highest BCUT2D eigenvalue weighted by Gasteiger charge is 2.26. The number of nitrogens with zero attached hydrogens (tertiary/aromatic N) is 1. The van der Waals surface area contributed by atoms with E-state index in [1.54, 1.807) is 30.0 Å². The summed E-state index contributed by atoms with van der Waals surface area (Å²) < 4.78 is 10.8. The lowest BCUT2D eigenvalue weighted by Crippen LogP contribution is -2.33. The summed E-state index contributed by atoms with van der Waals surface area (Å²) >= 11 is 5.99. The SMILES string of the molecule is Cc1c(C(=O)OCC(=O)N2CCc3ccccc32)oc2ccc(Cl)cc12. The molecule has 0 saturated carbocycles. The Kier molecular flexibility index (Phi) is 4.17. The fraction of sp³-hybridized carbons (Fsp3) is 0.200. The Hall–Kier alpha value is -2.79. The van der Waals surface area contributed by atoms with E-state index >= 15 is 0 Å². The van der Waals surface area contributed by atoms with Gasteiger partial charge in [0.25, 0.3) is 5.91 Å². The van der Waals surface area contributed by atoms with Crippen LogP contribution in [0.15, 0.2) is 46.9 Å². The number of hydrogen-bond acceptors (Lipinski definition) is 4. The maximum absolute atomic E-state index is 12.4. The van der Waals surface area contributed by atoms with Gasteiger partial charge in [-0.25, -0.2) is 4.79 Å². The lowest BCUT2D eigenvalue weighted by atomic mass is 10.1. The van der Waals surface area contributed by atoms with Crippen molar-refractivity contribution in [2.45, 2.75) is 13.3 Å². The zero-order chi connectivity index (χ0) is 18.3. The standard InChI is InChI=1S/C20H16ClNO4/c1-12-15-10-14(21)6-7-17(15)26-19(12)20(24)25-11-18(23)22-9-8-13-4-2-3-5-16(13)22/h2-7,10H,8-9,11H2,1H3. The van der Waals surface area contributed by atoms with E-state index in [2.05, 4.69) is 0 Å². The molecule has 0 atom stereocenters. The molecule has 0 spiro atoms. The molecule has 26 heavy (non-hydrogen) atoms. The van der Waals surface area contributed by atoms with Gasteiger partial charge in [-0.15, -0.1) is 0 Å². The molecule has 0 saturated heterocycles. The second-order valence-electron chi connectivity index (χ2n) is 6.20. The Bertz CT molecular complexity index is 1020. The van der Waals surface area contributed by atoms with Gasteiger partial charge in [0.05, 0.1) is 0 Å². The van der Waals surface area contributed by atoms with E-state index in [1.165, 1.54) is 0 Å². The molecule has 0 aliphatic carbocycles. The fourth-order valence-electron chi connectivity index (χ4n) is 3.26. The molecule has 0 radical (unpaired) electrons. The first kappa shape index (κ1) is 16.7. The monoisotopic (exact) mass is 369 g/mol. The molecule has 1 aromatic heterocycles. The number of fused-ring (bicyclic) bond motifs is 2. The number of para-hydroxylation sites is 1. The number of esters is 1. The van der Waals surface area contributed by atoms with Crippen LogP contribution in [0.1, 0.15) is 21.7 Å². The third-order valence-corrected chi connectivity index (χ3v) is 4.83. The molecule has 1 aliphatic rings. The summed E-state index contributed by atoms with van der Waals surface area (Å²) in [7, 11) is 0. The van der Waals surface area contributed by atoms with Crippen molar-refractivity contribution in [1.29, 1.82) is 0 Å². The molecule has 6 heteroatoms. The smallest absolute Gasteiger partial charge is 0.375 e. The molecule has 0 N–H and O–H groups in total. The first-order chi connectivity index (χ1) is 12.5. The minimum absolute atomic E-state index is 0.0943. The van der Waals surface area contributed by atoms with Gasteiger partial charge in [0.2, 0.25) is 5.76 Å². The summed E-state index contributed by atoms with van der Waals surface area (Å²) in [5, 5.41) is 1.31. The van der Waals surface area contributed by atoms with E-state index in [9.17, 15) is 9.59 Å². The van der Waals surface area contributed by atoms with Crippen molar-refractivity contribution in [3.8, 4) is 0 Å². The molecular formula is C20H16ClNO4. The van der Waals surface area contributed by atoms with E-state index in [4.69, 9.17) is 20.8 Å². The molecule has 0 fully saturated rings. The lowest BCUT2D eigenvalue weighted by Gasteiger charge is -2.16. The maximum Gasteiger partial charge on any atom is 0.375 e. The number of carbonyl (C=O) groups is 2. The molecule has 2 aromatic carbocycles. The van der Waals surface area contributed by atoms with Gasteiger partial charge in [0.1, 0.15) is 5.58 Å². The van der Waals surface area contributed by atoms with Gasteiger partial charge in [-0.05, 0) is 43.2 Å². The van der Waals surface area contributed by atoms with Gasteiger partial charge in [0.15, 0.2) is 6.61 Å². The third kappa shape index (κ3) is 2.84. The Morgan fingerprint density at radius 3 is 2.88 bits per heavy atom. The number of ether oxygens (including phenoxy) is 1. The zero-order valence-electron chi connectivity index (χ0n) is 14.1. The quantitative estimate of drug-likeness (QED) is 0.651. The summed E-state index contributed by atoms with van der Waals surface area (Å²) in [6, 6.07) is 12.9. The minimum Gasteiger partial charge on any atom is -0.450 e. The van der Waals surface area contributed by atoms with Gasteiger partial charge >= 0.3 is 5.97 Å². The number of furan rings is 1. The normalized spacial score (nSPS) is 13.1. The number of halogens is 1. The van der Waals surface area contributed by atoms with Crippen LogP contribution in [-0.4, -0.2) is 25.0 Å². The average molecular weight is 370 g/mol. The van der Waals surface area contributed by atoms with E-state index in [1.807, 2.05) is 24.3 Å². The third-order valence-electron chi connectivity index (χ3n) is 4.60. The van der Waals surface area contributed by atoms with Crippen molar-refractivity contribution >= 4 is 40.1 Å². The van der Waals surface area contributed by atoms with Crippen LogP contribution in [0.2, 0.25) is 5.02 Å². The van der Waals surface area contributed by atoms with E-state index in [-0.39, 0.29) is 18.3 Å². The zero-order valence-corrected chi connectivity index (χ0v) is 14.9. The number of aryl methyl sites for hydroxylation is 1. The highest BCUT2D eigenvalue weighted by molar-refractivity contribution is 6.31. The first-order valence-electron chi connectivity index (χ1n) is 8.28. The van der Waals surface area contributed by atoms with E-state index in [0.717, 1.165) is 23.1 Å². The Morgan fingerprint density at radius 2 is 2.04 bits per heavy atom. The predicted molar refractivity (Wildman–Crippen MR) is 98.7 cm³/mol. The van der Waals surface area contributed by atoms with Gasteiger partial charge in [-0.1, -0.05) is 29.8 Å². The molecule has 2 heterocycles. The van der Waals surface area contributed by atoms with Crippen molar-refractivity contribution in [2.75, 3.05) is 18.1 Å². The molecule has 1 amide bonds. The molecule has 0 unspecified atom stereocenters. The summed E-state index contributed by atoms with van der Waals surface area (Å²) in [4.78, 5) is 26.5. The van der Waals surface area contributed by atoms with Crippen LogP contribution in [0, 0.1) is 6.92 Å². The molecule has 5 nitrogen and oxygen atoms in total. The van der Waals surface area contributed by atoms with E-state index < -0.39 is 5.97 Å². The van der Waals surface area contributed by atoms with E-state index in [0.29, 0.717) is 22.7 Å². The van der Waals surface area contributed by atoms with Crippen molar-refractivity contribution in [2.24, 2.45) is 0 Å². The summed E-state index contributed by atoms with van der Waals surface area (Å²) in [5.41, 5.74) is 3.20. The van der Waals surface area contributed by atoms with Gasteiger partial charge < -0.3 is 14.1 Å². The molecular weight excluding hydrogens is 354 g/mol. The second kappa shape index (κ2) is 6.50. The van der Waals surface area contributed by atoms with Crippen molar-refractivity contribution in [3.63, 3.8) is 0 Å². The summed E-state index contributed by atoms with van der Waals surface area (Å²) in [6.45, 7) is 2.03. The second-order valence-corrected chi connectivity index (χ2v) is 6.63. The van der Waals surface area contributed by atoms with Gasteiger partial charge in [-0.3, -0.25) is 4.79 Å². The number of hydrogen-bond donors (Lipinski definition) is 0. The fourth-order valence-corrected chi connectivity index (χ4v) is 3.43. The largest absolute Gasteiger partial charge is 0.450 e. The average Bonchev–Trinajstić information content (AvgIpc) is 3.21. The maximum atomic E-state index is 12.4. The topological polar surface area (TPSA) is 59.8 Å². The van der Waals surface area contributed by atoms with Crippen LogP contribution in [0.3, 0.4) is 0 Å².